The van der Waals surface area contributed by atoms with Crippen LogP contribution in [0.3, 0.4) is 0 Å². The molecule has 1 rings (SSSR count). The number of rotatable bonds is 5. The van der Waals surface area contributed by atoms with Crippen molar-refractivity contribution < 1.29 is 4.79 Å². The van der Waals surface area contributed by atoms with Gasteiger partial charge >= 0.3 is 0 Å². The van der Waals surface area contributed by atoms with E-state index in [4.69, 9.17) is 5.84 Å². The number of hydrogen-bond donors (Lipinski definition) is 2. The van der Waals surface area contributed by atoms with Gasteiger partial charge in [-0.2, -0.15) is 0 Å². The SMILES string of the molecule is CN(CCc1cccs1)CC(=O)NN. The molecule has 0 radical (unpaired) electrons. The first-order valence-electron chi connectivity index (χ1n) is 4.42. The minimum Gasteiger partial charge on any atom is -0.297 e. The summed E-state index contributed by atoms with van der Waals surface area (Å²) >= 11 is 1.74. The average molecular weight is 213 g/mol. The van der Waals surface area contributed by atoms with Crippen LogP contribution in [0.15, 0.2) is 17.5 Å². The van der Waals surface area contributed by atoms with Gasteiger partial charge in [0.25, 0.3) is 0 Å². The lowest BCUT2D eigenvalue weighted by atomic mass is 10.3. The molecule has 14 heavy (non-hydrogen) atoms. The lowest BCUT2D eigenvalue weighted by Gasteiger charge is -2.14. The Balaban J connectivity index is 2.21. The first kappa shape index (κ1) is 11.2. The highest BCUT2D eigenvalue weighted by molar-refractivity contribution is 7.09. The Morgan fingerprint density at radius 1 is 1.71 bits per heavy atom. The van der Waals surface area contributed by atoms with Crippen molar-refractivity contribution in [2.45, 2.75) is 6.42 Å². The maximum absolute atomic E-state index is 10.9. The molecule has 0 aliphatic rings. The van der Waals surface area contributed by atoms with Crippen LogP contribution in [0.5, 0.6) is 0 Å². The number of hydrazine groups is 1. The van der Waals surface area contributed by atoms with Gasteiger partial charge in [-0.1, -0.05) is 6.07 Å². The van der Waals surface area contributed by atoms with Crippen LogP contribution in [-0.2, 0) is 11.2 Å². The van der Waals surface area contributed by atoms with E-state index in [2.05, 4.69) is 16.9 Å². The molecule has 0 bridgehead atoms. The highest BCUT2D eigenvalue weighted by atomic mass is 32.1. The summed E-state index contributed by atoms with van der Waals surface area (Å²) in [7, 11) is 1.91. The van der Waals surface area contributed by atoms with Crippen LogP contribution in [0.25, 0.3) is 0 Å². The van der Waals surface area contributed by atoms with Gasteiger partial charge in [-0.15, -0.1) is 11.3 Å². The fourth-order valence-electron chi connectivity index (χ4n) is 1.13. The quantitative estimate of drug-likeness (QED) is 0.418. The summed E-state index contributed by atoms with van der Waals surface area (Å²) in [6.07, 6.45) is 0.978. The van der Waals surface area contributed by atoms with Crippen molar-refractivity contribution in [1.82, 2.24) is 10.3 Å². The molecule has 0 fully saturated rings. The van der Waals surface area contributed by atoms with Gasteiger partial charge in [0, 0.05) is 11.4 Å². The Labute approximate surface area is 87.7 Å². The van der Waals surface area contributed by atoms with Crippen LogP contribution >= 0.6 is 11.3 Å². The van der Waals surface area contributed by atoms with Crippen LogP contribution in [0.2, 0.25) is 0 Å². The largest absolute Gasteiger partial charge is 0.297 e. The standard InChI is InChI=1S/C9H15N3OS/c1-12(7-9(13)11-10)5-4-8-3-2-6-14-8/h2-3,6H,4-5,7,10H2,1H3,(H,11,13). The molecule has 1 heterocycles. The molecule has 1 aromatic heterocycles. The summed E-state index contributed by atoms with van der Waals surface area (Å²) in [5, 5.41) is 2.06. The van der Waals surface area contributed by atoms with E-state index in [9.17, 15) is 4.79 Å². The van der Waals surface area contributed by atoms with E-state index >= 15 is 0 Å². The Hall–Kier alpha value is -0.910. The third-order valence-corrected chi connectivity index (χ3v) is 2.83. The summed E-state index contributed by atoms with van der Waals surface area (Å²) in [6.45, 7) is 1.22. The third-order valence-electron chi connectivity index (χ3n) is 1.89. The number of carbonyl (C=O) groups is 1. The predicted molar refractivity (Wildman–Crippen MR) is 57.9 cm³/mol. The fourth-order valence-corrected chi connectivity index (χ4v) is 1.82. The van der Waals surface area contributed by atoms with E-state index in [1.807, 2.05) is 18.0 Å². The molecular formula is C9H15N3OS. The molecular weight excluding hydrogens is 198 g/mol. The minimum atomic E-state index is -0.154. The lowest BCUT2D eigenvalue weighted by molar-refractivity contribution is -0.122. The number of hydrogen-bond acceptors (Lipinski definition) is 4. The van der Waals surface area contributed by atoms with Crippen molar-refractivity contribution in [2.75, 3.05) is 20.1 Å². The molecule has 0 saturated carbocycles. The maximum Gasteiger partial charge on any atom is 0.248 e. The van der Waals surface area contributed by atoms with E-state index in [0.717, 1.165) is 13.0 Å². The van der Waals surface area contributed by atoms with E-state index < -0.39 is 0 Å². The summed E-state index contributed by atoms with van der Waals surface area (Å²) in [4.78, 5) is 14.2. The maximum atomic E-state index is 10.9. The summed E-state index contributed by atoms with van der Waals surface area (Å²) < 4.78 is 0. The first-order chi connectivity index (χ1) is 6.72. The van der Waals surface area contributed by atoms with Crippen molar-refractivity contribution in [3.8, 4) is 0 Å². The van der Waals surface area contributed by atoms with Crippen LogP contribution in [0.1, 0.15) is 4.88 Å². The van der Waals surface area contributed by atoms with Crippen molar-refractivity contribution in [3.63, 3.8) is 0 Å². The first-order valence-corrected chi connectivity index (χ1v) is 5.30. The monoisotopic (exact) mass is 213 g/mol. The molecule has 5 heteroatoms. The summed E-state index contributed by atoms with van der Waals surface area (Å²) in [5.41, 5.74) is 2.11. The van der Waals surface area contributed by atoms with Crippen molar-refractivity contribution in [1.29, 1.82) is 0 Å². The number of likely N-dealkylation sites (N-methyl/N-ethyl adjacent to an activating group) is 1. The fraction of sp³-hybridized carbons (Fsp3) is 0.444. The second-order valence-corrected chi connectivity index (χ2v) is 4.17. The van der Waals surface area contributed by atoms with Gasteiger partial charge in [0.1, 0.15) is 0 Å². The van der Waals surface area contributed by atoms with Gasteiger partial charge in [0.05, 0.1) is 6.54 Å². The molecule has 0 saturated heterocycles. The highest BCUT2D eigenvalue weighted by Crippen LogP contribution is 2.09. The van der Waals surface area contributed by atoms with E-state index in [-0.39, 0.29) is 5.91 Å². The molecule has 0 aliphatic heterocycles. The van der Waals surface area contributed by atoms with Crippen molar-refractivity contribution >= 4 is 17.2 Å². The zero-order chi connectivity index (χ0) is 10.4. The average Bonchev–Trinajstić information content (AvgIpc) is 2.67. The zero-order valence-corrected chi connectivity index (χ0v) is 9.01. The third kappa shape index (κ3) is 3.87. The smallest absolute Gasteiger partial charge is 0.248 e. The molecule has 0 aliphatic carbocycles. The Bertz CT molecular complexity index is 274. The van der Waals surface area contributed by atoms with E-state index in [0.29, 0.717) is 6.54 Å². The Morgan fingerprint density at radius 2 is 2.50 bits per heavy atom. The zero-order valence-electron chi connectivity index (χ0n) is 8.19. The minimum absolute atomic E-state index is 0.154. The molecule has 0 aromatic carbocycles. The molecule has 3 N–H and O–H groups in total. The number of nitrogens with one attached hydrogen (secondary N) is 1. The summed E-state index contributed by atoms with van der Waals surface area (Å²) in [5.74, 6) is 4.83. The molecule has 4 nitrogen and oxygen atoms in total. The van der Waals surface area contributed by atoms with Crippen LogP contribution < -0.4 is 11.3 Å². The summed E-state index contributed by atoms with van der Waals surface area (Å²) in [6, 6.07) is 4.13. The molecule has 0 atom stereocenters. The van der Waals surface area contributed by atoms with Gasteiger partial charge in [-0.3, -0.25) is 15.1 Å². The second-order valence-electron chi connectivity index (χ2n) is 3.13. The normalized spacial score (nSPS) is 10.5. The van der Waals surface area contributed by atoms with Crippen LogP contribution in [0, 0.1) is 0 Å². The topological polar surface area (TPSA) is 58.4 Å². The van der Waals surface area contributed by atoms with Crippen LogP contribution in [-0.4, -0.2) is 30.9 Å². The molecule has 0 unspecified atom stereocenters. The van der Waals surface area contributed by atoms with Gasteiger partial charge in [0.15, 0.2) is 0 Å². The number of carbonyl (C=O) groups excluding carboxylic acids is 1. The van der Waals surface area contributed by atoms with Gasteiger partial charge in [-0.05, 0) is 24.9 Å². The Morgan fingerprint density at radius 3 is 3.07 bits per heavy atom. The number of nitrogens with two attached hydrogens (primary N) is 1. The van der Waals surface area contributed by atoms with E-state index in [1.54, 1.807) is 11.3 Å². The van der Waals surface area contributed by atoms with Gasteiger partial charge < -0.3 is 0 Å². The second kappa shape index (κ2) is 5.74. The van der Waals surface area contributed by atoms with Crippen molar-refractivity contribution in [2.24, 2.45) is 5.84 Å². The van der Waals surface area contributed by atoms with Crippen LogP contribution in [0.4, 0.5) is 0 Å². The molecule has 1 aromatic rings. The molecule has 78 valence electrons. The molecule has 0 spiro atoms. The van der Waals surface area contributed by atoms with Crippen molar-refractivity contribution in [3.05, 3.63) is 22.4 Å². The number of nitrogens with zero attached hydrogens (tertiary/aromatic N) is 1. The Kier molecular flexibility index (Phi) is 4.58. The highest BCUT2D eigenvalue weighted by Gasteiger charge is 2.04. The lowest BCUT2D eigenvalue weighted by Crippen LogP contribution is -2.39. The van der Waals surface area contributed by atoms with E-state index in [1.165, 1.54) is 4.88 Å². The number of thiophene rings is 1. The van der Waals surface area contributed by atoms with Gasteiger partial charge in [-0.25, -0.2) is 5.84 Å². The van der Waals surface area contributed by atoms with Gasteiger partial charge in [0.2, 0.25) is 5.91 Å². The molecule has 1 amide bonds. The number of amides is 1. The predicted octanol–water partition coefficient (Wildman–Crippen LogP) is 0.212.